The molecule has 1 saturated heterocycles. The zero-order chi connectivity index (χ0) is 37.4. The summed E-state index contributed by atoms with van der Waals surface area (Å²) in [6.45, 7) is 1.77. The minimum absolute atomic E-state index is 0.0538. The van der Waals surface area contributed by atoms with Crippen molar-refractivity contribution in [2.45, 2.75) is 60.8 Å². The zero-order valence-electron chi connectivity index (χ0n) is 28.8. The molecule has 2 heterocycles. The number of carbonyl (C=O) groups is 2. The number of aliphatic hydroxyl groups is 1. The number of aromatic nitrogens is 1. The van der Waals surface area contributed by atoms with Crippen LogP contribution < -0.4 is 10.0 Å². The number of ether oxygens (including phenoxy) is 2. The third-order valence-corrected chi connectivity index (χ3v) is 11.3. The molecule has 0 aliphatic carbocycles. The summed E-state index contributed by atoms with van der Waals surface area (Å²) in [5, 5.41) is 22.5. The molecule has 5 aromatic rings. The van der Waals surface area contributed by atoms with E-state index in [1.807, 2.05) is 67.6 Å². The first-order valence-electron chi connectivity index (χ1n) is 16.9. The Kier molecular flexibility index (Phi) is 12.3. The highest BCUT2D eigenvalue weighted by atomic mass is 32.2. The number of aromatic carboxylic acids is 1. The number of anilines is 1. The van der Waals surface area contributed by atoms with Gasteiger partial charge in [0.15, 0.2) is 6.29 Å². The maximum absolute atomic E-state index is 13.8. The van der Waals surface area contributed by atoms with Gasteiger partial charge in [-0.1, -0.05) is 84.4 Å². The second-order valence-electron chi connectivity index (χ2n) is 12.6. The Morgan fingerprint density at radius 3 is 2.36 bits per heavy atom. The summed E-state index contributed by atoms with van der Waals surface area (Å²) in [7, 11) is -4.04. The van der Waals surface area contributed by atoms with Crippen LogP contribution in [0.4, 0.5) is 5.69 Å². The molecule has 0 saturated carbocycles. The van der Waals surface area contributed by atoms with E-state index < -0.39 is 40.3 Å². The molecule has 0 spiro atoms. The highest BCUT2D eigenvalue weighted by Crippen LogP contribution is 2.40. The highest BCUT2D eigenvalue weighted by Gasteiger charge is 2.33. The Morgan fingerprint density at radius 2 is 1.64 bits per heavy atom. The van der Waals surface area contributed by atoms with Gasteiger partial charge in [0.05, 0.1) is 29.3 Å². The third-order valence-electron chi connectivity index (χ3n) is 8.68. The first-order chi connectivity index (χ1) is 25.6. The van der Waals surface area contributed by atoms with Crippen molar-refractivity contribution in [1.82, 2.24) is 9.71 Å². The lowest BCUT2D eigenvalue weighted by molar-refractivity contribution is -0.245. The van der Waals surface area contributed by atoms with Crippen LogP contribution in [0, 0.1) is 6.92 Å². The molecule has 0 bridgehead atoms. The van der Waals surface area contributed by atoms with Crippen molar-refractivity contribution in [3.05, 3.63) is 155 Å². The molecule has 4 unspecified atom stereocenters. The zero-order valence-corrected chi connectivity index (χ0v) is 30.4. The number of aryl methyl sites for hydroxylation is 1. The SMILES string of the molecule is Cc1ccc(S(=O)(=O)NC(Cc2ccccc2)C(=O)Nc2cccc(C3OC(CSc4ncccc4C(=O)O)CC(c4ccc(CO)cc4)O3)c2)cc1. The molecular weight excluding hydrogens is 715 g/mol. The third kappa shape index (κ3) is 9.96. The van der Waals surface area contributed by atoms with E-state index in [2.05, 4.69) is 15.0 Å². The van der Waals surface area contributed by atoms with Crippen molar-refractivity contribution < 1.29 is 37.7 Å². The van der Waals surface area contributed by atoms with Crippen LogP contribution in [0.25, 0.3) is 0 Å². The molecular formula is C40H39N3O8S2. The van der Waals surface area contributed by atoms with Gasteiger partial charge in [-0.25, -0.2) is 18.2 Å². The number of carboxylic acid groups (broad SMARTS) is 1. The number of pyridine rings is 1. The fraction of sp³-hybridized carbons (Fsp3) is 0.225. The lowest BCUT2D eigenvalue weighted by atomic mass is 10.0. The van der Waals surface area contributed by atoms with Crippen LogP contribution in [0.2, 0.25) is 0 Å². The summed E-state index contributed by atoms with van der Waals surface area (Å²) in [6.07, 6.45) is 0.481. The minimum atomic E-state index is -4.04. The molecule has 4 atom stereocenters. The fourth-order valence-corrected chi connectivity index (χ4v) is 8.07. The molecule has 0 radical (unpaired) electrons. The molecule has 53 heavy (non-hydrogen) atoms. The number of hydrogen-bond donors (Lipinski definition) is 4. The number of carbonyl (C=O) groups excluding carboxylic acids is 1. The average Bonchev–Trinajstić information content (AvgIpc) is 3.17. The number of rotatable bonds is 14. The summed E-state index contributed by atoms with van der Waals surface area (Å²) in [4.78, 5) is 30.0. The predicted octanol–water partition coefficient (Wildman–Crippen LogP) is 6.45. The Hall–Kier alpha value is -4.89. The van der Waals surface area contributed by atoms with Gasteiger partial charge in [-0.15, -0.1) is 11.8 Å². The van der Waals surface area contributed by atoms with E-state index in [0.717, 1.165) is 22.3 Å². The number of nitrogens with zero attached hydrogens (tertiary/aromatic N) is 1. The number of aliphatic hydroxyl groups excluding tert-OH is 1. The molecule has 13 heteroatoms. The van der Waals surface area contributed by atoms with Crippen molar-refractivity contribution in [3.8, 4) is 0 Å². The quantitative estimate of drug-likeness (QED) is 0.0928. The van der Waals surface area contributed by atoms with Gasteiger partial charge in [-0.05, 0) is 66.4 Å². The number of sulfonamides is 1. The van der Waals surface area contributed by atoms with Gasteiger partial charge in [-0.3, -0.25) is 4.79 Å². The van der Waals surface area contributed by atoms with Gasteiger partial charge in [0.1, 0.15) is 11.1 Å². The van der Waals surface area contributed by atoms with Crippen molar-refractivity contribution in [1.29, 1.82) is 0 Å². The van der Waals surface area contributed by atoms with Crippen molar-refractivity contribution >= 4 is 39.3 Å². The van der Waals surface area contributed by atoms with E-state index >= 15 is 0 Å². The maximum atomic E-state index is 13.8. The monoisotopic (exact) mass is 753 g/mol. The first-order valence-corrected chi connectivity index (χ1v) is 19.4. The fourth-order valence-electron chi connectivity index (χ4n) is 5.87. The van der Waals surface area contributed by atoms with E-state index in [-0.39, 0.29) is 29.6 Å². The molecule has 1 amide bonds. The molecule has 1 aliphatic rings. The van der Waals surface area contributed by atoms with Gasteiger partial charge in [0, 0.05) is 29.6 Å². The topological polar surface area (TPSA) is 164 Å². The standard InChI is InChI=1S/C40H39N3O8S2/c1-26-12-18-33(19-13-26)53(48,49)43-35(21-27-7-3-2-4-8-27)37(45)42-31-10-5-9-30(22-31)40-50-32(25-52-38-34(39(46)47)11-6-20-41-38)23-36(51-40)29-16-14-28(24-44)15-17-29/h2-20,22,32,35-36,40,43-44H,21,23-25H2,1H3,(H,42,45)(H,46,47). The largest absolute Gasteiger partial charge is 0.478 e. The van der Waals surface area contributed by atoms with Crippen LogP contribution in [-0.2, 0) is 37.3 Å². The van der Waals surface area contributed by atoms with Crippen LogP contribution in [-0.4, -0.2) is 53.4 Å². The van der Waals surface area contributed by atoms with E-state index in [1.165, 1.54) is 30.0 Å². The summed E-state index contributed by atoms with van der Waals surface area (Å²) >= 11 is 1.28. The van der Waals surface area contributed by atoms with E-state index in [4.69, 9.17) is 9.47 Å². The number of amides is 1. The smallest absolute Gasteiger partial charge is 0.338 e. The number of benzene rings is 4. The van der Waals surface area contributed by atoms with Gasteiger partial charge in [0.25, 0.3) is 0 Å². The second kappa shape index (κ2) is 17.3. The summed E-state index contributed by atoms with van der Waals surface area (Å²) in [5.74, 6) is -1.23. The molecule has 4 aromatic carbocycles. The Labute approximate surface area is 312 Å². The summed E-state index contributed by atoms with van der Waals surface area (Å²) in [5.41, 5.74) is 4.45. The van der Waals surface area contributed by atoms with Crippen LogP contribution in [0.3, 0.4) is 0 Å². The van der Waals surface area contributed by atoms with Crippen molar-refractivity contribution in [3.63, 3.8) is 0 Å². The van der Waals surface area contributed by atoms with Gasteiger partial charge in [-0.2, -0.15) is 4.72 Å². The normalized spacial score (nSPS) is 17.9. The summed E-state index contributed by atoms with van der Waals surface area (Å²) in [6, 6.07) is 31.9. The van der Waals surface area contributed by atoms with E-state index in [9.17, 15) is 28.2 Å². The van der Waals surface area contributed by atoms with Gasteiger partial charge in [0.2, 0.25) is 15.9 Å². The Morgan fingerprint density at radius 1 is 0.887 bits per heavy atom. The number of hydrogen-bond acceptors (Lipinski definition) is 9. The lowest BCUT2D eigenvalue weighted by Gasteiger charge is -2.36. The van der Waals surface area contributed by atoms with Crippen LogP contribution in [0.15, 0.2) is 131 Å². The molecule has 6 rings (SSSR count). The predicted molar refractivity (Wildman–Crippen MR) is 201 cm³/mol. The lowest BCUT2D eigenvalue weighted by Crippen LogP contribution is -2.45. The molecule has 1 aliphatic heterocycles. The maximum Gasteiger partial charge on any atom is 0.338 e. The van der Waals surface area contributed by atoms with Crippen LogP contribution >= 0.6 is 11.8 Å². The molecule has 1 aromatic heterocycles. The minimum Gasteiger partial charge on any atom is -0.478 e. The van der Waals surface area contributed by atoms with Crippen molar-refractivity contribution in [2.24, 2.45) is 0 Å². The highest BCUT2D eigenvalue weighted by molar-refractivity contribution is 7.99. The molecule has 1 fully saturated rings. The van der Waals surface area contributed by atoms with Crippen LogP contribution in [0.1, 0.15) is 57.0 Å². The van der Waals surface area contributed by atoms with Crippen molar-refractivity contribution in [2.75, 3.05) is 11.1 Å². The second-order valence-corrected chi connectivity index (χ2v) is 15.3. The number of nitrogens with one attached hydrogen (secondary N) is 2. The van der Waals surface area contributed by atoms with E-state index in [0.29, 0.717) is 28.5 Å². The first kappa shape index (κ1) is 37.9. The van der Waals surface area contributed by atoms with Crippen LogP contribution in [0.5, 0.6) is 0 Å². The van der Waals surface area contributed by atoms with Gasteiger partial charge >= 0.3 is 5.97 Å². The van der Waals surface area contributed by atoms with Gasteiger partial charge < -0.3 is 25.0 Å². The molecule has 4 N–H and O–H groups in total. The molecule has 274 valence electrons. The molecule has 11 nitrogen and oxygen atoms in total. The van der Waals surface area contributed by atoms with E-state index in [1.54, 1.807) is 42.6 Å². The Bertz CT molecular complexity index is 2130. The number of thioether (sulfide) groups is 1. The average molecular weight is 754 g/mol. The summed E-state index contributed by atoms with van der Waals surface area (Å²) < 4.78 is 42.3. The number of carboxylic acids is 1. The Balaban J connectivity index is 1.23.